The zero-order valence-electron chi connectivity index (χ0n) is 8.55. The number of hydrogen-bond acceptors (Lipinski definition) is 4. The van der Waals surface area contributed by atoms with Gasteiger partial charge in [0.15, 0.2) is 0 Å². The van der Waals surface area contributed by atoms with Gasteiger partial charge < -0.3 is 19.8 Å². The van der Waals surface area contributed by atoms with Gasteiger partial charge in [0.25, 0.3) is 0 Å². The Kier molecular flexibility index (Phi) is 25.2. The SMILES string of the molecule is CC(=O)[O-].CC(=O)[O-].C[CH2][Sn+2][CH2]C. The number of carbonyl (C=O) groups excluding carboxylic acids is 2. The van der Waals surface area contributed by atoms with Crippen molar-refractivity contribution in [2.75, 3.05) is 0 Å². The Morgan fingerprint density at radius 2 is 1.15 bits per heavy atom. The minimum absolute atomic E-state index is 0.218. The first-order valence-corrected chi connectivity index (χ1v) is 7.97. The maximum absolute atomic E-state index is 8.89. The van der Waals surface area contributed by atoms with E-state index in [2.05, 4.69) is 13.8 Å². The van der Waals surface area contributed by atoms with Crippen molar-refractivity contribution < 1.29 is 19.8 Å². The van der Waals surface area contributed by atoms with E-state index in [0.717, 1.165) is 13.8 Å². The molecule has 4 nitrogen and oxygen atoms in total. The van der Waals surface area contributed by atoms with Crippen molar-refractivity contribution in [1.82, 2.24) is 0 Å². The number of carbonyl (C=O) groups is 2. The van der Waals surface area contributed by atoms with Crippen LogP contribution in [0.3, 0.4) is 0 Å². The van der Waals surface area contributed by atoms with Crippen LogP contribution < -0.4 is 10.2 Å². The quantitative estimate of drug-likeness (QED) is 0.617. The van der Waals surface area contributed by atoms with E-state index in [1.54, 1.807) is 0 Å². The fraction of sp³-hybridized carbons (Fsp3) is 0.750. The van der Waals surface area contributed by atoms with Crippen LogP contribution in [0.5, 0.6) is 0 Å². The van der Waals surface area contributed by atoms with E-state index in [-0.39, 0.29) is 21.1 Å². The monoisotopic (exact) mass is 296 g/mol. The molecule has 0 aliphatic carbocycles. The first-order valence-electron chi connectivity index (χ1n) is 3.94. The molecule has 0 saturated carbocycles. The molecule has 0 rings (SSSR count). The maximum atomic E-state index is 8.89. The van der Waals surface area contributed by atoms with E-state index in [1.165, 1.54) is 8.87 Å². The van der Waals surface area contributed by atoms with Crippen LogP contribution in [-0.4, -0.2) is 33.1 Å². The van der Waals surface area contributed by atoms with Crippen LogP contribution in [0.4, 0.5) is 0 Å². The molecule has 0 aliphatic heterocycles. The number of aliphatic carboxylic acids is 2. The molecule has 5 heteroatoms. The molecule has 0 N–H and O–H groups in total. The molecule has 0 aliphatic rings. The van der Waals surface area contributed by atoms with Crippen LogP contribution >= 0.6 is 0 Å². The van der Waals surface area contributed by atoms with Gasteiger partial charge >= 0.3 is 43.9 Å². The minimum atomic E-state index is -1.08. The van der Waals surface area contributed by atoms with Crippen LogP contribution in [0.2, 0.25) is 8.87 Å². The van der Waals surface area contributed by atoms with Crippen LogP contribution in [0, 0.1) is 0 Å². The Hall–Kier alpha value is -0.261. The van der Waals surface area contributed by atoms with Gasteiger partial charge in [-0.1, -0.05) is 0 Å². The van der Waals surface area contributed by atoms with Crippen molar-refractivity contribution >= 4 is 33.1 Å². The Balaban J connectivity index is -0.000000117. The molecule has 0 saturated heterocycles. The summed E-state index contributed by atoms with van der Waals surface area (Å²) in [7, 11) is 0. The normalized spacial score (nSPS) is 6.46. The van der Waals surface area contributed by atoms with Crippen LogP contribution in [0.25, 0.3) is 0 Å². The van der Waals surface area contributed by atoms with Crippen LogP contribution in [0.1, 0.15) is 27.7 Å². The topological polar surface area (TPSA) is 80.3 Å². The van der Waals surface area contributed by atoms with Gasteiger partial charge in [-0.2, -0.15) is 0 Å². The number of carboxylic acid groups (broad SMARTS) is 2. The third-order valence-corrected chi connectivity index (χ3v) is 3.35. The molecule has 0 spiro atoms. The summed E-state index contributed by atoms with van der Waals surface area (Å²) in [5, 5.41) is 17.8. The molecule has 0 fully saturated rings. The molecule has 0 unspecified atom stereocenters. The molecule has 0 radical (unpaired) electrons. The number of rotatable bonds is 2. The summed E-state index contributed by atoms with van der Waals surface area (Å²) in [6, 6.07) is 0. The molecule has 0 heterocycles. The van der Waals surface area contributed by atoms with Gasteiger partial charge in [0.2, 0.25) is 0 Å². The van der Waals surface area contributed by atoms with Crippen molar-refractivity contribution in [1.29, 1.82) is 0 Å². The zero-order valence-corrected chi connectivity index (χ0v) is 11.4. The van der Waals surface area contributed by atoms with Gasteiger partial charge in [0.1, 0.15) is 0 Å². The molecule has 76 valence electrons. The van der Waals surface area contributed by atoms with E-state index >= 15 is 0 Å². The van der Waals surface area contributed by atoms with Crippen molar-refractivity contribution in [3.05, 3.63) is 0 Å². The second kappa shape index (κ2) is 17.7. The molecule has 0 aromatic heterocycles. The van der Waals surface area contributed by atoms with Crippen molar-refractivity contribution in [3.8, 4) is 0 Å². The molecular weight excluding hydrogens is 279 g/mol. The summed E-state index contributed by atoms with van der Waals surface area (Å²) in [6.07, 6.45) is 0. The zero-order chi connectivity index (χ0) is 11.3. The Morgan fingerprint density at radius 1 is 1.00 bits per heavy atom. The molecule has 13 heavy (non-hydrogen) atoms. The molecule has 0 bridgehead atoms. The predicted octanol–water partition coefficient (Wildman–Crippen LogP) is -0.921. The second-order valence-electron chi connectivity index (χ2n) is 1.94. The van der Waals surface area contributed by atoms with Gasteiger partial charge in [-0.3, -0.25) is 0 Å². The number of carboxylic acids is 2. The Morgan fingerprint density at radius 3 is 1.15 bits per heavy atom. The van der Waals surface area contributed by atoms with E-state index in [9.17, 15) is 0 Å². The van der Waals surface area contributed by atoms with Crippen LogP contribution in [-0.2, 0) is 9.59 Å². The van der Waals surface area contributed by atoms with Gasteiger partial charge in [0, 0.05) is 11.9 Å². The van der Waals surface area contributed by atoms with E-state index in [1.807, 2.05) is 0 Å². The standard InChI is InChI=1S/2C2H4O2.2C2H5.Sn/c2*1-2(3)4;2*1-2;/h2*1H3,(H,3,4);2*1H2,2H3;/q;;;;+2/p-2. The first-order chi connectivity index (χ1) is 5.88. The van der Waals surface area contributed by atoms with E-state index < -0.39 is 11.9 Å². The average Bonchev–Trinajstić information content (AvgIpc) is 1.86. The predicted molar refractivity (Wildman–Crippen MR) is 48.1 cm³/mol. The van der Waals surface area contributed by atoms with Gasteiger partial charge in [0.05, 0.1) is 0 Å². The Bertz CT molecular complexity index is 103. The summed E-state index contributed by atoms with van der Waals surface area (Å²) >= 11 is 0.218. The summed E-state index contributed by atoms with van der Waals surface area (Å²) in [4.78, 5) is 17.8. The summed E-state index contributed by atoms with van der Waals surface area (Å²) in [6.45, 7) is 6.52. The van der Waals surface area contributed by atoms with Gasteiger partial charge in [-0.25, -0.2) is 0 Å². The molecule has 0 atom stereocenters. The summed E-state index contributed by atoms with van der Waals surface area (Å²) < 4.78 is 3.03. The second-order valence-corrected chi connectivity index (χ2v) is 7.40. The van der Waals surface area contributed by atoms with Crippen molar-refractivity contribution in [2.45, 2.75) is 36.6 Å². The summed E-state index contributed by atoms with van der Waals surface area (Å²) in [5.41, 5.74) is 0. The number of hydrogen-bond donors (Lipinski definition) is 0. The molecule has 0 aromatic carbocycles. The fourth-order valence-corrected chi connectivity index (χ4v) is 1.68. The fourth-order valence-electron chi connectivity index (χ4n) is 0.250. The van der Waals surface area contributed by atoms with Gasteiger partial charge in [-0.15, -0.1) is 0 Å². The van der Waals surface area contributed by atoms with Crippen molar-refractivity contribution in [2.24, 2.45) is 0 Å². The molecular formula is C8H16O4Sn. The van der Waals surface area contributed by atoms with E-state index in [4.69, 9.17) is 19.8 Å². The first kappa shape index (κ1) is 18.5. The third-order valence-electron chi connectivity index (χ3n) is 0.500. The molecule has 0 aromatic rings. The molecule has 0 amide bonds. The Labute approximate surface area is 89.6 Å². The van der Waals surface area contributed by atoms with Crippen LogP contribution in [0.15, 0.2) is 0 Å². The van der Waals surface area contributed by atoms with Gasteiger partial charge in [-0.05, 0) is 13.8 Å². The average molecular weight is 295 g/mol. The third kappa shape index (κ3) is 368. The van der Waals surface area contributed by atoms with E-state index in [0.29, 0.717) is 0 Å². The van der Waals surface area contributed by atoms with Crippen molar-refractivity contribution in [3.63, 3.8) is 0 Å². The summed E-state index contributed by atoms with van der Waals surface area (Å²) in [5.74, 6) is -2.17.